The summed E-state index contributed by atoms with van der Waals surface area (Å²) in [6.07, 6.45) is 10.2. The Hall–Kier alpha value is -4.34. The Morgan fingerprint density at radius 3 is 2.46 bits per heavy atom. The average Bonchev–Trinajstić information content (AvgIpc) is 4.07. The summed E-state index contributed by atoms with van der Waals surface area (Å²) in [6.45, 7) is 10.5. The van der Waals surface area contributed by atoms with E-state index < -0.39 is 28.3 Å². The van der Waals surface area contributed by atoms with Crippen LogP contribution in [0.15, 0.2) is 71.9 Å². The van der Waals surface area contributed by atoms with Gasteiger partial charge in [-0.15, -0.1) is 6.58 Å². The summed E-state index contributed by atoms with van der Waals surface area (Å²) in [5.74, 6) is -0.977. The molecule has 0 bridgehead atoms. The van der Waals surface area contributed by atoms with Crippen molar-refractivity contribution in [2.24, 2.45) is 28.8 Å². The van der Waals surface area contributed by atoms with Crippen molar-refractivity contribution in [1.82, 2.24) is 4.90 Å². The number of unbranched alkanes of at least 4 members (excludes halogenated alkanes) is 2. The van der Waals surface area contributed by atoms with Crippen LogP contribution in [0.1, 0.15) is 90.0 Å². The highest BCUT2D eigenvalue weighted by atomic mass is 16.7. The lowest BCUT2D eigenvalue weighted by Gasteiger charge is -2.60. The van der Waals surface area contributed by atoms with Gasteiger partial charge in [-0.3, -0.25) is 14.9 Å². The molecule has 0 saturated heterocycles. The number of nitro groups is 1. The average molecular weight is 820 g/mol. The molecule has 0 spiro atoms. The first kappa shape index (κ1) is 44.2. The highest BCUT2D eigenvalue weighted by Crippen LogP contribution is 2.62. The summed E-state index contributed by atoms with van der Waals surface area (Å²) in [4.78, 5) is 33.7. The third-order valence-corrected chi connectivity index (χ3v) is 11.6. The van der Waals surface area contributed by atoms with Gasteiger partial charge in [-0.1, -0.05) is 36.2 Å². The molecule has 14 nitrogen and oxygen atoms in total. The zero-order chi connectivity index (χ0) is 42.2. The number of nitrogens with zero attached hydrogens (tertiary/aromatic N) is 3. The molecule has 0 radical (unpaired) electrons. The Labute approximate surface area is 347 Å². The Morgan fingerprint density at radius 2 is 1.78 bits per heavy atom. The third kappa shape index (κ3) is 10.3. The Balaban J connectivity index is 1.58. The minimum atomic E-state index is -1.42. The van der Waals surface area contributed by atoms with Crippen LogP contribution >= 0.6 is 0 Å². The summed E-state index contributed by atoms with van der Waals surface area (Å²) in [6, 6.07) is 10.9. The van der Waals surface area contributed by atoms with Crippen LogP contribution in [0, 0.1) is 33.8 Å². The van der Waals surface area contributed by atoms with Crippen molar-refractivity contribution in [3.8, 4) is 17.2 Å². The fourth-order valence-electron chi connectivity index (χ4n) is 9.01. The number of oxime groups is 1. The van der Waals surface area contributed by atoms with Crippen molar-refractivity contribution in [3.63, 3.8) is 0 Å². The molecule has 6 atom stereocenters. The van der Waals surface area contributed by atoms with E-state index in [0.717, 1.165) is 49.7 Å². The number of benzene rings is 2. The zero-order valence-corrected chi connectivity index (χ0v) is 34.6. The smallest absolute Gasteiger partial charge is 0.273 e. The van der Waals surface area contributed by atoms with Crippen molar-refractivity contribution in [2.45, 2.75) is 102 Å². The maximum Gasteiger partial charge on any atom is 0.273 e. The number of amides is 1. The van der Waals surface area contributed by atoms with Gasteiger partial charge in [-0.2, -0.15) is 0 Å². The number of ether oxygens (including phenoxy) is 4. The van der Waals surface area contributed by atoms with Gasteiger partial charge in [0, 0.05) is 49.6 Å². The standard InChI is InChI=1S/C45H61N3O11/c1-5-23-56-45-40(47(19-24-55-25-22-51)43(52)30-15-16-30)29-38(46-59-44(2,3)4)36-26-31(11-6-8-20-49)35(14-7-9-21-50)41(42(36)45)37-28-34(17-18-39(37)58-45)57-33-13-10-12-32(27-33)48(53)54/h5,10,12-13,17-18,26-28,30-31,35,40-42,49-51H,1,6-9,11,14-16,19-25,29H2,2-4H3. The van der Waals surface area contributed by atoms with Crippen LogP contribution < -0.4 is 9.47 Å². The Bertz CT molecular complexity index is 1840. The van der Waals surface area contributed by atoms with Crippen LogP contribution in [0.25, 0.3) is 0 Å². The summed E-state index contributed by atoms with van der Waals surface area (Å²) in [5.41, 5.74) is 1.77. The van der Waals surface area contributed by atoms with Crippen molar-refractivity contribution in [3.05, 3.63) is 82.4 Å². The zero-order valence-electron chi connectivity index (χ0n) is 34.6. The highest BCUT2D eigenvalue weighted by Gasteiger charge is 2.66. The summed E-state index contributed by atoms with van der Waals surface area (Å²) in [7, 11) is 0. The summed E-state index contributed by atoms with van der Waals surface area (Å²) in [5, 5.41) is 45.8. The lowest BCUT2D eigenvalue weighted by molar-refractivity contribution is -0.384. The molecule has 0 aromatic heterocycles. The van der Waals surface area contributed by atoms with Crippen LogP contribution in [0.2, 0.25) is 0 Å². The SMILES string of the molecule is C=CCOC12Oc3ccc(Oc4cccc([N+](=O)[O-])c4)cc3C3C(CCCCO)C(CCCCO)C=C(C(=NOC(C)(C)C)CC1N(CCOCCO)C(=O)C1CC1)C32. The van der Waals surface area contributed by atoms with Gasteiger partial charge in [0.15, 0.2) is 0 Å². The predicted octanol–water partition coefficient (Wildman–Crippen LogP) is 7.07. The predicted molar refractivity (Wildman–Crippen MR) is 221 cm³/mol. The molecule has 2 fully saturated rings. The second-order valence-electron chi connectivity index (χ2n) is 17.0. The molecule has 14 heteroatoms. The largest absolute Gasteiger partial charge is 0.459 e. The molecule has 1 amide bonds. The first-order valence-electron chi connectivity index (χ1n) is 21.1. The van der Waals surface area contributed by atoms with E-state index >= 15 is 0 Å². The number of fused-ring (bicyclic) bond motifs is 2. The fourth-order valence-corrected chi connectivity index (χ4v) is 9.01. The van der Waals surface area contributed by atoms with E-state index in [2.05, 4.69) is 12.7 Å². The van der Waals surface area contributed by atoms with Gasteiger partial charge in [0.25, 0.3) is 5.69 Å². The number of rotatable bonds is 22. The van der Waals surface area contributed by atoms with E-state index in [1.54, 1.807) is 24.3 Å². The lowest BCUT2D eigenvalue weighted by Crippen LogP contribution is -2.70. The van der Waals surface area contributed by atoms with Gasteiger partial charge in [-0.05, 0) is 101 Å². The number of carbonyl (C=O) groups is 1. The Kier molecular flexibility index (Phi) is 14.9. The van der Waals surface area contributed by atoms with Crippen LogP contribution in [0.5, 0.6) is 17.2 Å². The number of allylic oxidation sites excluding steroid dienone is 1. The minimum Gasteiger partial charge on any atom is -0.459 e. The van der Waals surface area contributed by atoms with E-state index in [1.807, 2.05) is 37.8 Å². The first-order chi connectivity index (χ1) is 28.4. The minimum absolute atomic E-state index is 0.000386. The van der Waals surface area contributed by atoms with Gasteiger partial charge >= 0.3 is 0 Å². The first-order valence-corrected chi connectivity index (χ1v) is 21.1. The molecule has 2 aromatic rings. The van der Waals surface area contributed by atoms with Gasteiger partial charge in [0.1, 0.15) is 28.9 Å². The topological polar surface area (TPSA) is 183 Å². The molecule has 3 N–H and O–H groups in total. The molecule has 1 aliphatic heterocycles. The number of aliphatic hydroxyl groups is 3. The summed E-state index contributed by atoms with van der Waals surface area (Å²) < 4.78 is 26.4. The van der Waals surface area contributed by atoms with E-state index in [1.165, 1.54) is 12.1 Å². The van der Waals surface area contributed by atoms with Gasteiger partial charge < -0.3 is 44.0 Å². The van der Waals surface area contributed by atoms with Crippen molar-refractivity contribution < 1.29 is 48.8 Å². The van der Waals surface area contributed by atoms with E-state index in [4.69, 9.17) is 28.9 Å². The quantitative estimate of drug-likeness (QED) is 0.0478. The maximum atomic E-state index is 14.5. The molecule has 4 aliphatic rings. The number of nitro benzene ring substituents is 1. The second-order valence-corrected chi connectivity index (χ2v) is 17.0. The second kappa shape index (κ2) is 19.8. The van der Waals surface area contributed by atoms with Crippen LogP contribution in [0.3, 0.4) is 0 Å². The maximum absolute atomic E-state index is 14.5. The molecule has 59 heavy (non-hydrogen) atoms. The van der Waals surface area contributed by atoms with Gasteiger partial charge in [0.05, 0.1) is 49.0 Å². The molecular weight excluding hydrogens is 759 g/mol. The number of non-ortho nitro benzene ring substituents is 1. The molecule has 2 aromatic carbocycles. The molecular formula is C45H61N3O11. The molecule has 322 valence electrons. The lowest BCUT2D eigenvalue weighted by atomic mass is 9.55. The van der Waals surface area contributed by atoms with Crippen LogP contribution in [-0.4, -0.2) is 100 Å². The molecule has 6 unspecified atom stereocenters. The molecule has 2 saturated carbocycles. The fraction of sp³-hybridized carbons (Fsp3) is 0.600. The normalized spacial score (nSPS) is 25.3. The van der Waals surface area contributed by atoms with Crippen LogP contribution in [0.4, 0.5) is 5.69 Å². The highest BCUT2D eigenvalue weighted by molar-refractivity contribution is 6.03. The number of aliphatic hydroxyl groups excluding tert-OH is 3. The number of hydrogen-bond donors (Lipinski definition) is 3. The number of carbonyl (C=O) groups excluding carboxylic acids is 1. The Morgan fingerprint density at radius 1 is 1.03 bits per heavy atom. The molecule has 3 aliphatic carbocycles. The van der Waals surface area contributed by atoms with Gasteiger partial charge in [0.2, 0.25) is 11.7 Å². The van der Waals surface area contributed by atoms with Crippen molar-refractivity contribution in [2.75, 3.05) is 46.2 Å². The third-order valence-electron chi connectivity index (χ3n) is 11.6. The van der Waals surface area contributed by atoms with E-state index in [-0.39, 0.29) is 87.9 Å². The van der Waals surface area contributed by atoms with Crippen molar-refractivity contribution in [1.29, 1.82) is 0 Å². The van der Waals surface area contributed by atoms with Gasteiger partial charge in [-0.25, -0.2) is 0 Å². The van der Waals surface area contributed by atoms with E-state index in [0.29, 0.717) is 35.8 Å². The monoisotopic (exact) mass is 819 g/mol. The molecule has 1 heterocycles. The van der Waals surface area contributed by atoms with E-state index in [9.17, 15) is 30.2 Å². The number of hydrogen-bond acceptors (Lipinski definition) is 12. The van der Waals surface area contributed by atoms with Crippen LogP contribution in [-0.2, 0) is 19.1 Å². The van der Waals surface area contributed by atoms with Crippen molar-refractivity contribution >= 4 is 17.3 Å². The molecule has 6 rings (SSSR count). The summed E-state index contributed by atoms with van der Waals surface area (Å²) >= 11 is 0.